The normalized spacial score (nSPS) is 10.0. The maximum atomic E-state index is 11.7. The molecule has 2 aromatic rings. The number of aryl methyl sites for hydroxylation is 1. The SMILES string of the molecule is Cc1cccc(OCC(=O)NNC(=O)COc2cc(Cl)ccc2Cl)c1. The zero-order valence-corrected chi connectivity index (χ0v) is 14.9. The van der Waals surface area contributed by atoms with Crippen molar-refractivity contribution in [3.63, 3.8) is 0 Å². The first kappa shape index (κ1) is 18.9. The van der Waals surface area contributed by atoms with E-state index < -0.39 is 11.8 Å². The van der Waals surface area contributed by atoms with Crippen LogP contribution in [0.25, 0.3) is 0 Å². The lowest BCUT2D eigenvalue weighted by Crippen LogP contribution is -2.45. The molecule has 0 aromatic heterocycles. The third kappa shape index (κ3) is 6.52. The zero-order valence-electron chi connectivity index (χ0n) is 13.3. The fourth-order valence-electron chi connectivity index (χ4n) is 1.80. The first-order chi connectivity index (χ1) is 11.9. The number of carbonyl (C=O) groups excluding carboxylic acids is 2. The molecule has 0 aliphatic carbocycles. The number of amides is 2. The van der Waals surface area contributed by atoms with Gasteiger partial charge in [0.15, 0.2) is 13.2 Å². The summed E-state index contributed by atoms with van der Waals surface area (Å²) in [6.07, 6.45) is 0. The molecule has 8 heteroatoms. The van der Waals surface area contributed by atoms with Gasteiger partial charge < -0.3 is 9.47 Å². The molecule has 0 atom stereocenters. The van der Waals surface area contributed by atoms with Crippen molar-refractivity contribution < 1.29 is 19.1 Å². The molecule has 25 heavy (non-hydrogen) atoms. The number of halogens is 2. The van der Waals surface area contributed by atoms with Crippen LogP contribution in [0.4, 0.5) is 0 Å². The number of benzene rings is 2. The van der Waals surface area contributed by atoms with E-state index in [-0.39, 0.29) is 19.0 Å². The van der Waals surface area contributed by atoms with Crippen molar-refractivity contribution in [1.29, 1.82) is 0 Å². The molecule has 0 saturated heterocycles. The number of hydrogen-bond acceptors (Lipinski definition) is 4. The average molecular weight is 383 g/mol. The first-order valence-electron chi connectivity index (χ1n) is 7.29. The molecular formula is C17H16Cl2N2O4. The Labute approximate surface area is 155 Å². The summed E-state index contributed by atoms with van der Waals surface area (Å²) in [5.74, 6) is -0.213. The number of ether oxygens (including phenoxy) is 2. The summed E-state index contributed by atoms with van der Waals surface area (Å²) in [4.78, 5) is 23.3. The Morgan fingerprint density at radius 1 is 0.960 bits per heavy atom. The lowest BCUT2D eigenvalue weighted by Gasteiger charge is -2.10. The van der Waals surface area contributed by atoms with E-state index in [4.69, 9.17) is 32.7 Å². The molecule has 2 aromatic carbocycles. The summed E-state index contributed by atoms with van der Waals surface area (Å²) in [5.41, 5.74) is 5.46. The molecule has 0 saturated carbocycles. The summed E-state index contributed by atoms with van der Waals surface area (Å²) in [6, 6.07) is 11.9. The molecule has 0 bridgehead atoms. The van der Waals surface area contributed by atoms with Gasteiger partial charge in [-0.25, -0.2) is 0 Å². The second-order valence-corrected chi connectivity index (χ2v) is 5.91. The molecule has 132 valence electrons. The van der Waals surface area contributed by atoms with E-state index in [2.05, 4.69) is 10.9 Å². The minimum atomic E-state index is -0.556. The predicted octanol–water partition coefficient (Wildman–Crippen LogP) is 2.91. The van der Waals surface area contributed by atoms with Gasteiger partial charge in [0.25, 0.3) is 11.8 Å². The van der Waals surface area contributed by atoms with Crippen molar-refractivity contribution in [3.8, 4) is 11.5 Å². The smallest absolute Gasteiger partial charge is 0.276 e. The molecule has 2 N–H and O–H groups in total. The van der Waals surface area contributed by atoms with Gasteiger partial charge in [0.2, 0.25) is 0 Å². The van der Waals surface area contributed by atoms with Gasteiger partial charge in [0.05, 0.1) is 5.02 Å². The Morgan fingerprint density at radius 3 is 2.32 bits per heavy atom. The van der Waals surface area contributed by atoms with Crippen LogP contribution >= 0.6 is 23.2 Å². The Balaban J connectivity index is 1.70. The Kier molecular flexibility index (Phi) is 6.91. The molecular weight excluding hydrogens is 367 g/mol. The number of carbonyl (C=O) groups is 2. The molecule has 0 spiro atoms. The van der Waals surface area contributed by atoms with E-state index >= 15 is 0 Å². The molecule has 0 aliphatic heterocycles. The Morgan fingerprint density at radius 2 is 1.64 bits per heavy atom. The van der Waals surface area contributed by atoms with Crippen molar-refractivity contribution in [3.05, 3.63) is 58.1 Å². The highest BCUT2D eigenvalue weighted by molar-refractivity contribution is 6.34. The van der Waals surface area contributed by atoms with E-state index in [1.807, 2.05) is 19.1 Å². The van der Waals surface area contributed by atoms with E-state index in [0.717, 1.165) is 5.56 Å². The second kappa shape index (κ2) is 9.15. The standard InChI is InChI=1S/C17H16Cl2N2O4/c1-11-3-2-4-13(7-11)24-9-16(22)20-21-17(23)10-25-15-8-12(18)5-6-14(15)19/h2-8H,9-10H2,1H3,(H,20,22)(H,21,23). The largest absolute Gasteiger partial charge is 0.484 e. The van der Waals surface area contributed by atoms with Crippen molar-refractivity contribution >= 4 is 35.0 Å². The Bertz CT molecular complexity index is 768. The van der Waals surface area contributed by atoms with Gasteiger partial charge in [-0.3, -0.25) is 20.4 Å². The molecule has 0 fully saturated rings. The van der Waals surface area contributed by atoms with Crippen LogP contribution in [0.3, 0.4) is 0 Å². The number of hydrogen-bond donors (Lipinski definition) is 2. The second-order valence-electron chi connectivity index (χ2n) is 5.06. The number of hydrazine groups is 1. The minimum Gasteiger partial charge on any atom is -0.484 e. The van der Waals surface area contributed by atoms with Gasteiger partial charge in [-0.15, -0.1) is 0 Å². The van der Waals surface area contributed by atoms with Gasteiger partial charge in [-0.1, -0.05) is 35.3 Å². The average Bonchev–Trinajstić information content (AvgIpc) is 2.59. The zero-order chi connectivity index (χ0) is 18.2. The lowest BCUT2D eigenvalue weighted by molar-refractivity contribution is -0.131. The molecule has 6 nitrogen and oxygen atoms in total. The van der Waals surface area contributed by atoms with Gasteiger partial charge in [0.1, 0.15) is 11.5 Å². The van der Waals surface area contributed by atoms with Gasteiger partial charge in [-0.05, 0) is 36.8 Å². The van der Waals surface area contributed by atoms with Crippen LogP contribution in [0.5, 0.6) is 11.5 Å². The van der Waals surface area contributed by atoms with E-state index in [9.17, 15) is 9.59 Å². The maximum absolute atomic E-state index is 11.7. The summed E-state index contributed by atoms with van der Waals surface area (Å²) >= 11 is 11.7. The molecule has 2 amide bonds. The van der Waals surface area contributed by atoms with Crippen LogP contribution in [0.1, 0.15) is 5.56 Å². The van der Waals surface area contributed by atoms with Crippen LogP contribution in [0.2, 0.25) is 10.0 Å². The monoisotopic (exact) mass is 382 g/mol. The van der Waals surface area contributed by atoms with Crippen LogP contribution in [0, 0.1) is 6.92 Å². The molecule has 0 aliphatic rings. The summed E-state index contributed by atoms with van der Waals surface area (Å²) < 4.78 is 10.6. The maximum Gasteiger partial charge on any atom is 0.276 e. The van der Waals surface area contributed by atoms with E-state index in [1.165, 1.54) is 6.07 Å². The molecule has 2 rings (SSSR count). The van der Waals surface area contributed by atoms with Gasteiger partial charge in [0, 0.05) is 11.1 Å². The van der Waals surface area contributed by atoms with Crippen molar-refractivity contribution in [2.75, 3.05) is 13.2 Å². The topological polar surface area (TPSA) is 76.7 Å². The third-order valence-corrected chi connectivity index (χ3v) is 3.50. The van der Waals surface area contributed by atoms with Crippen molar-refractivity contribution in [1.82, 2.24) is 10.9 Å². The first-order valence-corrected chi connectivity index (χ1v) is 8.04. The number of rotatable bonds is 6. The number of nitrogens with one attached hydrogen (secondary N) is 2. The molecule has 0 heterocycles. The van der Waals surface area contributed by atoms with Gasteiger partial charge >= 0.3 is 0 Å². The summed E-state index contributed by atoms with van der Waals surface area (Å²) in [7, 11) is 0. The highest BCUT2D eigenvalue weighted by Crippen LogP contribution is 2.27. The predicted molar refractivity (Wildman–Crippen MR) is 94.9 cm³/mol. The molecule has 0 unspecified atom stereocenters. The van der Waals surface area contributed by atoms with Crippen LogP contribution < -0.4 is 20.3 Å². The van der Waals surface area contributed by atoms with Crippen LogP contribution in [-0.2, 0) is 9.59 Å². The van der Waals surface area contributed by atoms with E-state index in [1.54, 1.807) is 24.3 Å². The quantitative estimate of drug-likeness (QED) is 0.753. The third-order valence-electron chi connectivity index (χ3n) is 2.95. The summed E-state index contributed by atoms with van der Waals surface area (Å²) in [6.45, 7) is 1.35. The molecule has 0 radical (unpaired) electrons. The van der Waals surface area contributed by atoms with Gasteiger partial charge in [-0.2, -0.15) is 0 Å². The fourth-order valence-corrected chi connectivity index (χ4v) is 2.13. The highest BCUT2D eigenvalue weighted by atomic mass is 35.5. The van der Waals surface area contributed by atoms with Crippen LogP contribution in [-0.4, -0.2) is 25.0 Å². The Hall–Kier alpha value is -2.44. The lowest BCUT2D eigenvalue weighted by atomic mass is 10.2. The van der Waals surface area contributed by atoms with Crippen LogP contribution in [0.15, 0.2) is 42.5 Å². The van der Waals surface area contributed by atoms with Crippen molar-refractivity contribution in [2.45, 2.75) is 6.92 Å². The highest BCUT2D eigenvalue weighted by Gasteiger charge is 2.08. The van der Waals surface area contributed by atoms with Crippen molar-refractivity contribution in [2.24, 2.45) is 0 Å². The minimum absolute atomic E-state index is 0.231. The van der Waals surface area contributed by atoms with E-state index in [0.29, 0.717) is 15.8 Å². The fraction of sp³-hybridized carbons (Fsp3) is 0.176. The summed E-state index contributed by atoms with van der Waals surface area (Å²) in [5, 5.41) is 0.759.